The first-order valence-electron chi connectivity index (χ1n) is 9.40. The molecule has 0 unspecified atom stereocenters. The summed E-state index contributed by atoms with van der Waals surface area (Å²) < 4.78 is 0. The summed E-state index contributed by atoms with van der Waals surface area (Å²) in [4.78, 5) is 5.27. The summed E-state index contributed by atoms with van der Waals surface area (Å²) in [7, 11) is 2.35. The summed E-state index contributed by atoms with van der Waals surface area (Å²) >= 11 is 0. The zero-order valence-electron chi connectivity index (χ0n) is 14.1. The molecule has 0 aromatic carbocycles. The molecule has 1 N–H and O–H groups in total. The molecule has 122 valence electrons. The molecular weight excluding hydrogens is 258 g/mol. The number of nitrogens with zero attached hydrogens (tertiary/aromatic N) is 2. The maximum absolute atomic E-state index is 3.83. The second kappa shape index (κ2) is 7.43. The van der Waals surface area contributed by atoms with Crippen molar-refractivity contribution >= 4 is 0 Å². The van der Waals surface area contributed by atoms with E-state index in [1.807, 2.05) is 0 Å². The lowest BCUT2D eigenvalue weighted by molar-refractivity contribution is 0.111. The molecular formula is C18H35N3. The van der Waals surface area contributed by atoms with Crippen molar-refractivity contribution in [3.63, 3.8) is 0 Å². The highest BCUT2D eigenvalue weighted by Crippen LogP contribution is 2.37. The molecule has 0 spiro atoms. The monoisotopic (exact) mass is 293 g/mol. The van der Waals surface area contributed by atoms with Crippen LogP contribution in [0.1, 0.15) is 57.8 Å². The van der Waals surface area contributed by atoms with Crippen LogP contribution in [0.2, 0.25) is 0 Å². The Kier molecular flexibility index (Phi) is 5.58. The normalized spacial score (nSPS) is 26.6. The molecule has 3 nitrogen and oxygen atoms in total. The van der Waals surface area contributed by atoms with Gasteiger partial charge in [0.2, 0.25) is 0 Å². The zero-order chi connectivity index (χ0) is 14.5. The van der Waals surface area contributed by atoms with Crippen molar-refractivity contribution < 1.29 is 0 Å². The van der Waals surface area contributed by atoms with E-state index in [-0.39, 0.29) is 0 Å². The molecule has 3 rings (SSSR count). The van der Waals surface area contributed by atoms with E-state index in [9.17, 15) is 0 Å². The Morgan fingerprint density at radius 2 is 1.76 bits per heavy atom. The van der Waals surface area contributed by atoms with Crippen LogP contribution in [-0.4, -0.2) is 62.2 Å². The van der Waals surface area contributed by atoms with E-state index in [4.69, 9.17) is 0 Å². The summed E-state index contributed by atoms with van der Waals surface area (Å²) in [6.07, 6.45) is 12.9. The molecule has 3 fully saturated rings. The lowest BCUT2D eigenvalue weighted by Crippen LogP contribution is -2.46. The minimum Gasteiger partial charge on any atom is -0.313 e. The van der Waals surface area contributed by atoms with Gasteiger partial charge in [0, 0.05) is 32.2 Å². The molecule has 3 heteroatoms. The van der Waals surface area contributed by atoms with E-state index in [0.29, 0.717) is 5.41 Å². The smallest absolute Gasteiger partial charge is 0.0109 e. The average molecular weight is 293 g/mol. The van der Waals surface area contributed by atoms with Gasteiger partial charge in [0.25, 0.3) is 0 Å². The van der Waals surface area contributed by atoms with Crippen LogP contribution < -0.4 is 5.32 Å². The highest BCUT2D eigenvalue weighted by molar-refractivity contribution is 4.91. The van der Waals surface area contributed by atoms with Crippen molar-refractivity contribution in [3.8, 4) is 0 Å². The number of hydrogen-bond acceptors (Lipinski definition) is 3. The third kappa shape index (κ3) is 4.94. The second-order valence-electron chi connectivity index (χ2n) is 8.00. The topological polar surface area (TPSA) is 18.5 Å². The molecule has 0 atom stereocenters. The third-order valence-corrected chi connectivity index (χ3v) is 5.86. The van der Waals surface area contributed by atoms with Crippen molar-refractivity contribution in [2.75, 3.05) is 46.3 Å². The second-order valence-corrected chi connectivity index (χ2v) is 8.00. The van der Waals surface area contributed by atoms with Crippen LogP contribution in [0.25, 0.3) is 0 Å². The number of nitrogens with one attached hydrogen (secondary N) is 1. The highest BCUT2D eigenvalue weighted by Gasteiger charge is 2.35. The van der Waals surface area contributed by atoms with Crippen LogP contribution in [0.15, 0.2) is 0 Å². The van der Waals surface area contributed by atoms with Crippen molar-refractivity contribution in [2.45, 2.75) is 63.8 Å². The lowest BCUT2D eigenvalue weighted by atomic mass is 9.73. The number of likely N-dealkylation sites (tertiary alicyclic amines) is 1. The summed E-state index contributed by atoms with van der Waals surface area (Å²) in [6, 6.07) is 0.860. The first-order valence-corrected chi connectivity index (χ1v) is 9.40. The molecule has 2 saturated carbocycles. The van der Waals surface area contributed by atoms with Crippen molar-refractivity contribution in [2.24, 2.45) is 5.41 Å². The fraction of sp³-hybridized carbons (Fsp3) is 1.00. The number of hydrogen-bond donors (Lipinski definition) is 1. The van der Waals surface area contributed by atoms with Gasteiger partial charge in [0.05, 0.1) is 0 Å². The fourth-order valence-corrected chi connectivity index (χ4v) is 4.31. The molecule has 1 heterocycles. The van der Waals surface area contributed by atoms with Crippen LogP contribution in [-0.2, 0) is 0 Å². The van der Waals surface area contributed by atoms with Crippen LogP contribution in [0.3, 0.4) is 0 Å². The maximum atomic E-state index is 3.83. The van der Waals surface area contributed by atoms with Gasteiger partial charge < -0.3 is 15.1 Å². The largest absolute Gasteiger partial charge is 0.313 e. The van der Waals surface area contributed by atoms with E-state index >= 15 is 0 Å². The summed E-state index contributed by atoms with van der Waals surface area (Å²) in [5, 5.41) is 3.83. The molecule has 1 aliphatic heterocycles. The SMILES string of the molecule is CN(CCN1CCCC1)CC1(CNC2CC2)CCCCC1. The molecule has 1 saturated heterocycles. The van der Waals surface area contributed by atoms with E-state index in [0.717, 1.165) is 6.04 Å². The van der Waals surface area contributed by atoms with Crippen LogP contribution in [0, 0.1) is 5.41 Å². The molecule has 3 aliphatic rings. The van der Waals surface area contributed by atoms with Gasteiger partial charge >= 0.3 is 0 Å². The van der Waals surface area contributed by atoms with Crippen LogP contribution in [0.5, 0.6) is 0 Å². The van der Waals surface area contributed by atoms with Crippen LogP contribution >= 0.6 is 0 Å². The predicted octanol–water partition coefficient (Wildman–Crippen LogP) is 2.72. The molecule has 21 heavy (non-hydrogen) atoms. The molecule has 0 radical (unpaired) electrons. The van der Waals surface area contributed by atoms with Gasteiger partial charge in [-0.25, -0.2) is 0 Å². The Morgan fingerprint density at radius 1 is 1.05 bits per heavy atom. The first kappa shape index (κ1) is 15.8. The average Bonchev–Trinajstić information content (AvgIpc) is 3.18. The van der Waals surface area contributed by atoms with Gasteiger partial charge in [-0.1, -0.05) is 19.3 Å². The van der Waals surface area contributed by atoms with Gasteiger partial charge in [-0.05, 0) is 64.1 Å². The van der Waals surface area contributed by atoms with Gasteiger partial charge in [-0.2, -0.15) is 0 Å². The molecule has 0 amide bonds. The van der Waals surface area contributed by atoms with E-state index in [1.165, 1.54) is 97.1 Å². The molecule has 0 aromatic rings. The van der Waals surface area contributed by atoms with Gasteiger partial charge in [-0.3, -0.25) is 0 Å². The van der Waals surface area contributed by atoms with Crippen molar-refractivity contribution in [1.29, 1.82) is 0 Å². The van der Waals surface area contributed by atoms with Gasteiger partial charge in [-0.15, -0.1) is 0 Å². The van der Waals surface area contributed by atoms with E-state index < -0.39 is 0 Å². The zero-order valence-corrected chi connectivity index (χ0v) is 14.1. The quantitative estimate of drug-likeness (QED) is 0.742. The Bertz CT molecular complexity index is 302. The van der Waals surface area contributed by atoms with Crippen molar-refractivity contribution in [1.82, 2.24) is 15.1 Å². The molecule has 2 aliphatic carbocycles. The number of rotatable bonds is 8. The minimum atomic E-state index is 0.570. The highest BCUT2D eigenvalue weighted by atomic mass is 15.2. The summed E-state index contributed by atoms with van der Waals surface area (Å²) in [5.74, 6) is 0. The Hall–Kier alpha value is -0.120. The van der Waals surface area contributed by atoms with E-state index in [2.05, 4.69) is 22.2 Å². The first-order chi connectivity index (χ1) is 10.3. The Morgan fingerprint density at radius 3 is 2.43 bits per heavy atom. The molecule has 0 aromatic heterocycles. The minimum absolute atomic E-state index is 0.570. The predicted molar refractivity (Wildman–Crippen MR) is 89.7 cm³/mol. The van der Waals surface area contributed by atoms with Crippen LogP contribution in [0.4, 0.5) is 0 Å². The standard InChI is InChI=1S/C18H35N3/c1-20(13-14-21-11-5-6-12-21)16-18(9-3-2-4-10-18)15-19-17-7-8-17/h17,19H,2-16H2,1H3. The van der Waals surface area contributed by atoms with Crippen molar-refractivity contribution in [3.05, 3.63) is 0 Å². The Labute approximate surface area is 131 Å². The number of likely N-dealkylation sites (N-methyl/N-ethyl adjacent to an activating group) is 1. The summed E-state index contributed by atoms with van der Waals surface area (Å²) in [5.41, 5.74) is 0.570. The van der Waals surface area contributed by atoms with Gasteiger partial charge in [0.15, 0.2) is 0 Å². The Balaban J connectivity index is 1.44. The fourth-order valence-electron chi connectivity index (χ4n) is 4.31. The van der Waals surface area contributed by atoms with E-state index in [1.54, 1.807) is 0 Å². The summed E-state index contributed by atoms with van der Waals surface area (Å²) in [6.45, 7) is 7.78. The lowest BCUT2D eigenvalue weighted by Gasteiger charge is -2.41. The third-order valence-electron chi connectivity index (χ3n) is 5.86. The molecule has 0 bridgehead atoms. The van der Waals surface area contributed by atoms with Gasteiger partial charge in [0.1, 0.15) is 0 Å². The maximum Gasteiger partial charge on any atom is 0.0109 e.